The van der Waals surface area contributed by atoms with Gasteiger partial charge in [0.2, 0.25) is 11.8 Å². The first-order valence-corrected chi connectivity index (χ1v) is 10.8. The van der Waals surface area contributed by atoms with E-state index in [0.29, 0.717) is 5.92 Å². The van der Waals surface area contributed by atoms with Crippen LogP contribution in [0.4, 0.5) is 0 Å². The lowest BCUT2D eigenvalue weighted by Crippen LogP contribution is -2.43. The third-order valence-electron chi connectivity index (χ3n) is 8.51. The van der Waals surface area contributed by atoms with Gasteiger partial charge in [0.25, 0.3) is 0 Å². The molecular formula is C25H23NO2. The fourth-order valence-electron chi connectivity index (χ4n) is 7.55. The summed E-state index contributed by atoms with van der Waals surface area (Å²) in [4.78, 5) is 29.2. The molecule has 3 nitrogen and oxygen atoms in total. The maximum absolute atomic E-state index is 13.7. The number of rotatable bonds is 1. The molecule has 1 aliphatic heterocycles. The summed E-state index contributed by atoms with van der Waals surface area (Å²) in [5.41, 5.74) is 5.07. The highest BCUT2D eigenvalue weighted by atomic mass is 16.2. The molecule has 3 fully saturated rings. The molecule has 0 unspecified atom stereocenters. The van der Waals surface area contributed by atoms with Crippen molar-refractivity contribution >= 4 is 11.8 Å². The Morgan fingerprint density at radius 3 is 1.57 bits per heavy atom. The lowest BCUT2D eigenvalue weighted by Gasteiger charge is -2.45. The first-order valence-electron chi connectivity index (χ1n) is 10.8. The van der Waals surface area contributed by atoms with Gasteiger partial charge < -0.3 is 0 Å². The van der Waals surface area contributed by atoms with Crippen LogP contribution >= 0.6 is 0 Å². The number of benzene rings is 2. The molecule has 0 radical (unpaired) electrons. The maximum atomic E-state index is 13.7. The first kappa shape index (κ1) is 15.5. The van der Waals surface area contributed by atoms with Crippen molar-refractivity contribution < 1.29 is 9.59 Å². The summed E-state index contributed by atoms with van der Waals surface area (Å²) >= 11 is 0. The van der Waals surface area contributed by atoms with Gasteiger partial charge in [0.15, 0.2) is 0 Å². The second-order valence-electron chi connectivity index (χ2n) is 9.55. The molecule has 2 aromatic rings. The average molecular weight is 369 g/mol. The van der Waals surface area contributed by atoms with E-state index in [1.807, 2.05) is 0 Å². The molecule has 140 valence electrons. The van der Waals surface area contributed by atoms with E-state index < -0.39 is 0 Å². The molecule has 2 amide bonds. The molecule has 2 aromatic carbocycles. The number of hydrogen-bond acceptors (Lipinski definition) is 2. The molecule has 5 aliphatic carbocycles. The fraction of sp³-hybridized carbons (Fsp3) is 0.440. The minimum absolute atomic E-state index is 0.0300. The van der Waals surface area contributed by atoms with E-state index in [-0.39, 0.29) is 41.5 Å². The van der Waals surface area contributed by atoms with Crippen molar-refractivity contribution in [3.05, 3.63) is 70.8 Å². The highest BCUT2D eigenvalue weighted by molar-refractivity contribution is 6.08. The monoisotopic (exact) mass is 369 g/mol. The van der Waals surface area contributed by atoms with Gasteiger partial charge in [-0.05, 0) is 53.4 Å². The highest BCUT2D eigenvalue weighted by Crippen LogP contribution is 2.62. The predicted molar refractivity (Wildman–Crippen MR) is 105 cm³/mol. The molecule has 1 heterocycles. The molecule has 8 rings (SSSR count). The van der Waals surface area contributed by atoms with Crippen LogP contribution in [0, 0.1) is 23.7 Å². The topological polar surface area (TPSA) is 37.4 Å². The molecule has 4 bridgehead atoms. The van der Waals surface area contributed by atoms with Crippen LogP contribution in [0.2, 0.25) is 0 Å². The van der Waals surface area contributed by atoms with Crippen LogP contribution in [0.15, 0.2) is 48.5 Å². The third-order valence-corrected chi connectivity index (χ3v) is 8.51. The van der Waals surface area contributed by atoms with Crippen LogP contribution in [-0.4, -0.2) is 22.8 Å². The van der Waals surface area contributed by atoms with Crippen molar-refractivity contribution in [1.82, 2.24) is 4.90 Å². The van der Waals surface area contributed by atoms with Crippen molar-refractivity contribution in [3.8, 4) is 0 Å². The van der Waals surface area contributed by atoms with Crippen LogP contribution in [0.5, 0.6) is 0 Å². The number of carbonyl (C=O) groups excluding carboxylic acids is 2. The Balaban J connectivity index is 1.40. The van der Waals surface area contributed by atoms with Gasteiger partial charge in [0.05, 0.1) is 11.8 Å². The van der Waals surface area contributed by atoms with Crippen molar-refractivity contribution in [2.24, 2.45) is 23.7 Å². The lowest BCUT2D eigenvalue weighted by molar-refractivity contribution is -0.144. The minimum atomic E-state index is -0.207. The zero-order valence-corrected chi connectivity index (χ0v) is 15.8. The van der Waals surface area contributed by atoms with Gasteiger partial charge in [-0.1, -0.05) is 55.0 Å². The third kappa shape index (κ3) is 1.68. The second kappa shape index (κ2) is 5.14. The minimum Gasteiger partial charge on any atom is -0.279 e. The SMILES string of the molecule is O=C1[C@@H]2C3c4ccccc4C(c4ccccc43)[C@@H]2C(=O)N1[C@H]1C[C@@H]2CC[C@H]1C2. The molecular weight excluding hydrogens is 346 g/mol. The van der Waals surface area contributed by atoms with E-state index >= 15 is 0 Å². The van der Waals surface area contributed by atoms with Crippen molar-refractivity contribution in [3.63, 3.8) is 0 Å². The zero-order valence-electron chi connectivity index (χ0n) is 15.8. The normalized spacial score (nSPS) is 39.3. The number of nitrogens with zero attached hydrogens (tertiary/aromatic N) is 1. The Kier molecular flexibility index (Phi) is 2.84. The molecule has 28 heavy (non-hydrogen) atoms. The van der Waals surface area contributed by atoms with Crippen molar-refractivity contribution in [2.75, 3.05) is 0 Å². The Morgan fingerprint density at radius 1 is 0.679 bits per heavy atom. The van der Waals surface area contributed by atoms with Gasteiger partial charge in [-0.3, -0.25) is 14.5 Å². The molecule has 5 atom stereocenters. The van der Waals surface area contributed by atoms with E-state index in [2.05, 4.69) is 48.5 Å². The summed E-state index contributed by atoms with van der Waals surface area (Å²) in [6.07, 6.45) is 4.72. The van der Waals surface area contributed by atoms with Gasteiger partial charge >= 0.3 is 0 Å². The number of imide groups is 1. The largest absolute Gasteiger partial charge is 0.279 e. The van der Waals surface area contributed by atoms with Crippen LogP contribution < -0.4 is 0 Å². The molecule has 2 saturated carbocycles. The van der Waals surface area contributed by atoms with Gasteiger partial charge in [-0.15, -0.1) is 0 Å². The Morgan fingerprint density at radius 2 is 1.18 bits per heavy atom. The number of hydrogen-bond donors (Lipinski definition) is 0. The Labute approximate surface area is 164 Å². The summed E-state index contributed by atoms with van der Waals surface area (Å²) < 4.78 is 0. The van der Waals surface area contributed by atoms with Crippen LogP contribution in [0.25, 0.3) is 0 Å². The molecule has 0 spiro atoms. The molecule has 0 aromatic heterocycles. The van der Waals surface area contributed by atoms with E-state index in [1.54, 1.807) is 4.90 Å². The summed E-state index contributed by atoms with van der Waals surface area (Å²) in [5, 5.41) is 0. The molecule has 6 aliphatic rings. The number of carbonyl (C=O) groups is 2. The van der Waals surface area contributed by atoms with Gasteiger partial charge in [0, 0.05) is 17.9 Å². The van der Waals surface area contributed by atoms with Gasteiger partial charge in [0.1, 0.15) is 0 Å². The smallest absolute Gasteiger partial charge is 0.234 e. The predicted octanol–water partition coefficient (Wildman–Crippen LogP) is 4.07. The highest BCUT2D eigenvalue weighted by Gasteiger charge is 2.63. The van der Waals surface area contributed by atoms with E-state index in [0.717, 1.165) is 12.3 Å². The lowest BCUT2D eigenvalue weighted by atomic mass is 9.55. The molecule has 1 saturated heterocycles. The first-order chi connectivity index (χ1) is 13.7. The van der Waals surface area contributed by atoms with Gasteiger partial charge in [-0.2, -0.15) is 0 Å². The number of amides is 2. The van der Waals surface area contributed by atoms with Crippen LogP contribution in [0.3, 0.4) is 0 Å². The van der Waals surface area contributed by atoms with Crippen LogP contribution in [-0.2, 0) is 9.59 Å². The Bertz CT molecular complexity index is 927. The van der Waals surface area contributed by atoms with Crippen molar-refractivity contribution in [2.45, 2.75) is 43.6 Å². The molecule has 3 heteroatoms. The summed E-state index contributed by atoms with van der Waals surface area (Å²) in [7, 11) is 0. The average Bonchev–Trinajstić information content (AvgIpc) is 3.42. The zero-order chi connectivity index (χ0) is 18.6. The Hall–Kier alpha value is -2.42. The van der Waals surface area contributed by atoms with E-state index in [9.17, 15) is 9.59 Å². The maximum Gasteiger partial charge on any atom is 0.234 e. The number of fused-ring (bicyclic) bond motifs is 2. The standard InChI is InChI=1S/C25H23NO2/c27-24-22-20-15-5-1-2-6-16(15)21(18-8-4-3-7-17(18)20)23(22)25(28)26(24)19-12-13-9-10-14(19)11-13/h1-8,13-14,19-23H,9-12H2/t13-,14+,19+,20?,21?,22-,23+/m1/s1. The van der Waals surface area contributed by atoms with E-state index in [4.69, 9.17) is 0 Å². The van der Waals surface area contributed by atoms with Crippen LogP contribution in [0.1, 0.15) is 59.8 Å². The van der Waals surface area contributed by atoms with Gasteiger partial charge in [-0.25, -0.2) is 0 Å². The van der Waals surface area contributed by atoms with E-state index in [1.165, 1.54) is 41.5 Å². The summed E-state index contributed by atoms with van der Waals surface area (Å²) in [5.74, 6) is 1.15. The van der Waals surface area contributed by atoms with Crippen molar-refractivity contribution in [1.29, 1.82) is 0 Å². The fourth-order valence-corrected chi connectivity index (χ4v) is 7.55. The molecule has 0 N–H and O–H groups in total. The quantitative estimate of drug-likeness (QED) is 0.711. The number of likely N-dealkylation sites (tertiary alicyclic amines) is 1. The summed E-state index contributed by atoms with van der Waals surface area (Å²) in [6, 6.07) is 17.2. The summed E-state index contributed by atoms with van der Waals surface area (Å²) in [6.45, 7) is 0. The second-order valence-corrected chi connectivity index (χ2v) is 9.55.